The highest BCUT2D eigenvalue weighted by Gasteiger charge is 2.50. The van der Waals surface area contributed by atoms with Crippen molar-refractivity contribution in [1.82, 2.24) is 0 Å². The Morgan fingerprint density at radius 1 is 0.420 bits per heavy atom. The lowest BCUT2D eigenvalue weighted by Gasteiger charge is -2.40. The first-order valence-corrected chi connectivity index (χ1v) is 32.2. The van der Waals surface area contributed by atoms with E-state index in [2.05, 4.69) is 118 Å². The first kappa shape index (κ1) is 74.7. The summed E-state index contributed by atoms with van der Waals surface area (Å²) in [6, 6.07) is 0. The van der Waals surface area contributed by atoms with Crippen LogP contribution in [0.3, 0.4) is 0 Å². The van der Waals surface area contributed by atoms with Crippen LogP contribution in [0, 0.1) is 0 Å². The van der Waals surface area contributed by atoms with Crippen LogP contribution < -0.4 is 0 Å². The van der Waals surface area contributed by atoms with E-state index in [1.165, 1.54) is 51.4 Å². The number of unbranched alkanes of at least 4 members (excludes halogenated alkanes) is 24. The highest BCUT2D eigenvalue weighted by molar-refractivity contribution is 5.74. The molecular formula is C69H114O12. The van der Waals surface area contributed by atoms with Gasteiger partial charge in [-0.25, -0.2) is 4.79 Å². The molecular weight excluding hydrogens is 1020 g/mol. The topological polar surface area (TPSA) is 175 Å². The van der Waals surface area contributed by atoms with Crippen LogP contribution in [-0.2, 0) is 42.9 Å². The molecule has 0 spiro atoms. The van der Waals surface area contributed by atoms with Gasteiger partial charge in [-0.3, -0.25) is 14.4 Å². The minimum atomic E-state index is -1.92. The number of esters is 3. The van der Waals surface area contributed by atoms with Gasteiger partial charge in [0, 0.05) is 19.3 Å². The van der Waals surface area contributed by atoms with Gasteiger partial charge in [0.15, 0.2) is 24.6 Å². The Bertz CT molecular complexity index is 1780. The van der Waals surface area contributed by atoms with Crippen molar-refractivity contribution in [3.63, 3.8) is 0 Å². The second-order valence-electron chi connectivity index (χ2n) is 21.7. The van der Waals surface area contributed by atoms with Crippen LogP contribution >= 0.6 is 0 Å². The SMILES string of the molecule is CC/C=C\C/C=C\C/C=C\CCCCCCCC(=O)OC1C(OCC(COC(=O)CCCCCCCC/C=C\C/C=C\C/C=C\CCCCC)OC(=O)CCCCCCCCC/C=C\C/C=C\CCCCC)OC(C(=O)O)C(O)C1O. The van der Waals surface area contributed by atoms with Gasteiger partial charge in [-0.15, -0.1) is 0 Å². The van der Waals surface area contributed by atoms with Crippen molar-refractivity contribution < 1.29 is 58.2 Å². The fourth-order valence-electron chi connectivity index (χ4n) is 9.18. The van der Waals surface area contributed by atoms with Gasteiger partial charge in [0.05, 0.1) is 6.61 Å². The monoisotopic (exact) mass is 1130 g/mol. The number of carboxylic acid groups (broad SMARTS) is 1. The van der Waals surface area contributed by atoms with Crippen LogP contribution in [0.5, 0.6) is 0 Å². The molecule has 1 aliphatic heterocycles. The van der Waals surface area contributed by atoms with Crippen LogP contribution in [0.2, 0.25) is 0 Å². The van der Waals surface area contributed by atoms with E-state index in [9.17, 15) is 34.5 Å². The summed E-state index contributed by atoms with van der Waals surface area (Å²) in [4.78, 5) is 51.3. The Balaban J connectivity index is 2.69. The lowest BCUT2D eigenvalue weighted by atomic mass is 9.98. The molecule has 0 aromatic heterocycles. The number of allylic oxidation sites excluding steroid dienone is 16. The number of carboxylic acids is 1. The molecule has 462 valence electrons. The molecule has 1 fully saturated rings. The number of hydrogen-bond donors (Lipinski definition) is 3. The van der Waals surface area contributed by atoms with Crippen molar-refractivity contribution >= 4 is 23.9 Å². The summed E-state index contributed by atoms with van der Waals surface area (Å²) in [7, 11) is 0. The Hall–Kier alpha value is -4.36. The summed E-state index contributed by atoms with van der Waals surface area (Å²) < 4.78 is 28.5. The van der Waals surface area contributed by atoms with Gasteiger partial charge < -0.3 is 39.0 Å². The molecule has 0 aromatic rings. The van der Waals surface area contributed by atoms with E-state index in [1.807, 2.05) is 0 Å². The number of ether oxygens (including phenoxy) is 5. The van der Waals surface area contributed by atoms with Crippen molar-refractivity contribution in [2.45, 2.75) is 302 Å². The van der Waals surface area contributed by atoms with E-state index >= 15 is 0 Å². The molecule has 0 aromatic carbocycles. The van der Waals surface area contributed by atoms with Crippen LogP contribution in [-0.4, -0.2) is 89.2 Å². The first-order chi connectivity index (χ1) is 39.6. The molecule has 1 rings (SSSR count). The van der Waals surface area contributed by atoms with Crippen LogP contribution in [0.1, 0.15) is 265 Å². The Kier molecular flexibility index (Phi) is 51.7. The number of aliphatic carboxylic acids is 1. The Morgan fingerprint density at radius 2 is 0.778 bits per heavy atom. The molecule has 1 heterocycles. The summed E-state index contributed by atoms with van der Waals surface area (Å²) in [5.41, 5.74) is 0. The summed E-state index contributed by atoms with van der Waals surface area (Å²) >= 11 is 0. The molecule has 0 amide bonds. The molecule has 0 saturated carbocycles. The molecule has 0 radical (unpaired) electrons. The zero-order chi connectivity index (χ0) is 58.9. The number of carbonyl (C=O) groups excluding carboxylic acids is 3. The van der Waals surface area contributed by atoms with Crippen molar-refractivity contribution in [3.8, 4) is 0 Å². The normalized spacial score (nSPS) is 18.4. The fraction of sp³-hybridized carbons (Fsp3) is 0.710. The van der Waals surface area contributed by atoms with E-state index in [1.54, 1.807) is 0 Å². The van der Waals surface area contributed by atoms with Gasteiger partial charge >= 0.3 is 23.9 Å². The maximum Gasteiger partial charge on any atom is 0.335 e. The molecule has 1 aliphatic rings. The number of aliphatic hydroxyl groups excluding tert-OH is 2. The molecule has 6 atom stereocenters. The van der Waals surface area contributed by atoms with E-state index in [0.717, 1.165) is 154 Å². The molecule has 12 nitrogen and oxygen atoms in total. The van der Waals surface area contributed by atoms with E-state index < -0.39 is 67.3 Å². The van der Waals surface area contributed by atoms with Gasteiger partial charge in [-0.05, 0) is 122 Å². The molecule has 0 aliphatic carbocycles. The Labute approximate surface area is 492 Å². The number of rotatable bonds is 54. The van der Waals surface area contributed by atoms with E-state index in [-0.39, 0.29) is 25.9 Å². The third kappa shape index (κ3) is 45.8. The maximum absolute atomic E-state index is 13.2. The van der Waals surface area contributed by atoms with Crippen molar-refractivity contribution in [1.29, 1.82) is 0 Å². The first-order valence-electron chi connectivity index (χ1n) is 32.2. The van der Waals surface area contributed by atoms with E-state index in [0.29, 0.717) is 19.3 Å². The molecule has 6 unspecified atom stereocenters. The molecule has 81 heavy (non-hydrogen) atoms. The third-order valence-corrected chi connectivity index (χ3v) is 14.1. The molecule has 0 bridgehead atoms. The fourth-order valence-corrected chi connectivity index (χ4v) is 9.18. The lowest BCUT2D eigenvalue weighted by molar-refractivity contribution is -0.301. The predicted octanol–water partition coefficient (Wildman–Crippen LogP) is 17.2. The van der Waals surface area contributed by atoms with Gasteiger partial charge in [0.25, 0.3) is 0 Å². The second-order valence-corrected chi connectivity index (χ2v) is 21.7. The summed E-state index contributed by atoms with van der Waals surface area (Å²) in [5, 5.41) is 31.6. The van der Waals surface area contributed by atoms with Crippen LogP contribution in [0.15, 0.2) is 97.2 Å². The highest BCUT2D eigenvalue weighted by Crippen LogP contribution is 2.26. The smallest absolute Gasteiger partial charge is 0.335 e. The van der Waals surface area contributed by atoms with Crippen LogP contribution in [0.4, 0.5) is 0 Å². The van der Waals surface area contributed by atoms with Gasteiger partial charge in [-0.2, -0.15) is 0 Å². The predicted molar refractivity (Wildman–Crippen MR) is 331 cm³/mol. The maximum atomic E-state index is 13.2. The second kappa shape index (κ2) is 56.1. The van der Waals surface area contributed by atoms with Crippen molar-refractivity contribution in [3.05, 3.63) is 97.2 Å². The zero-order valence-electron chi connectivity index (χ0n) is 51.0. The number of aliphatic hydroxyl groups is 2. The standard InChI is InChI=1S/C69H114O12/c1-4-7-10-13-16-19-22-25-28-30-31-33-35-37-40-43-46-49-52-55-61(70)77-58-60(79-62(71)56-53-50-47-44-41-39-36-32-29-26-23-20-17-14-11-8-5-2)59-78-69-67(65(74)64(73)66(81-69)68(75)76)80-63(72)57-54-51-48-45-42-38-34-27-24-21-18-15-12-9-6-3/h9,12,16-21,25-29,31,33-34,60,64-67,69,73-74H,4-8,10-11,13-15,22-24,30,32,35-59H2,1-3H3,(H,75,76)/b12-9-,19-16-,20-17-,21-18-,28-25-,29-26-,33-31-,34-27-. The minimum Gasteiger partial charge on any atom is -0.479 e. The largest absolute Gasteiger partial charge is 0.479 e. The highest BCUT2D eigenvalue weighted by atomic mass is 16.7. The molecule has 12 heteroatoms. The summed E-state index contributed by atoms with van der Waals surface area (Å²) in [6.07, 6.45) is 62.1. The van der Waals surface area contributed by atoms with Gasteiger partial charge in [0.2, 0.25) is 0 Å². The van der Waals surface area contributed by atoms with Gasteiger partial charge in [0.1, 0.15) is 18.8 Å². The summed E-state index contributed by atoms with van der Waals surface area (Å²) in [6.45, 7) is 5.82. The average molecular weight is 1140 g/mol. The Morgan fingerprint density at radius 3 is 1.19 bits per heavy atom. The lowest BCUT2D eigenvalue weighted by Crippen LogP contribution is -2.61. The van der Waals surface area contributed by atoms with Crippen molar-refractivity contribution in [2.75, 3.05) is 13.2 Å². The molecule has 1 saturated heterocycles. The van der Waals surface area contributed by atoms with Crippen molar-refractivity contribution in [2.24, 2.45) is 0 Å². The zero-order valence-corrected chi connectivity index (χ0v) is 51.0. The number of carbonyl (C=O) groups is 4. The van der Waals surface area contributed by atoms with E-state index in [4.69, 9.17) is 23.7 Å². The average Bonchev–Trinajstić information content (AvgIpc) is 3.53. The molecule has 3 N–H and O–H groups in total. The van der Waals surface area contributed by atoms with Crippen LogP contribution in [0.25, 0.3) is 0 Å². The van der Waals surface area contributed by atoms with Gasteiger partial charge in [-0.1, -0.05) is 221 Å². The quantitative estimate of drug-likeness (QED) is 0.0228. The summed E-state index contributed by atoms with van der Waals surface area (Å²) in [5.74, 6) is -3.17. The minimum absolute atomic E-state index is 0.0350. The number of hydrogen-bond acceptors (Lipinski definition) is 11. The third-order valence-electron chi connectivity index (χ3n) is 14.1.